The Morgan fingerprint density at radius 3 is 2.30 bits per heavy atom. The van der Waals surface area contributed by atoms with Gasteiger partial charge in [0.1, 0.15) is 0 Å². The molecule has 0 saturated carbocycles. The van der Waals surface area contributed by atoms with Crippen molar-refractivity contribution in [1.29, 1.82) is 0 Å². The van der Waals surface area contributed by atoms with E-state index >= 15 is 0 Å². The molecule has 20 heavy (non-hydrogen) atoms. The lowest BCUT2D eigenvalue weighted by Crippen LogP contribution is -2.25. The van der Waals surface area contributed by atoms with E-state index in [0.29, 0.717) is 18.0 Å². The molecule has 1 rings (SSSR count). The Morgan fingerprint density at radius 2 is 1.80 bits per heavy atom. The van der Waals surface area contributed by atoms with Crippen LogP contribution in [0.2, 0.25) is 0 Å². The standard InChI is InChI=1S/C16H22N2O2/c1-12(2)11-17-15(19)10-7-13-5-8-14(9-6-13)16(20)18(3)4/h5-10,12H,11H2,1-4H3,(H,17,19)/b10-7+. The molecule has 0 bridgehead atoms. The number of hydrogen-bond acceptors (Lipinski definition) is 2. The summed E-state index contributed by atoms with van der Waals surface area (Å²) in [6.07, 6.45) is 3.24. The van der Waals surface area contributed by atoms with Gasteiger partial charge in [0.2, 0.25) is 5.91 Å². The number of rotatable bonds is 5. The molecule has 0 aromatic heterocycles. The predicted octanol–water partition coefficient (Wildman–Crippen LogP) is 2.17. The molecular formula is C16H22N2O2. The van der Waals surface area contributed by atoms with Gasteiger partial charge in [-0.1, -0.05) is 26.0 Å². The average molecular weight is 274 g/mol. The van der Waals surface area contributed by atoms with Gasteiger partial charge in [0, 0.05) is 32.3 Å². The SMILES string of the molecule is CC(C)CNC(=O)/C=C/c1ccc(C(=O)N(C)C)cc1. The van der Waals surface area contributed by atoms with Gasteiger partial charge in [0.25, 0.3) is 5.91 Å². The number of nitrogens with one attached hydrogen (secondary N) is 1. The normalized spacial score (nSPS) is 10.8. The van der Waals surface area contributed by atoms with Gasteiger partial charge in [-0.3, -0.25) is 9.59 Å². The van der Waals surface area contributed by atoms with E-state index in [1.54, 1.807) is 32.3 Å². The lowest BCUT2D eigenvalue weighted by atomic mass is 10.1. The van der Waals surface area contributed by atoms with Gasteiger partial charge >= 0.3 is 0 Å². The maximum Gasteiger partial charge on any atom is 0.253 e. The van der Waals surface area contributed by atoms with Crippen molar-refractivity contribution in [3.63, 3.8) is 0 Å². The molecule has 4 heteroatoms. The van der Waals surface area contributed by atoms with Crippen molar-refractivity contribution in [1.82, 2.24) is 10.2 Å². The van der Waals surface area contributed by atoms with Crippen LogP contribution in [0, 0.1) is 5.92 Å². The molecule has 0 saturated heterocycles. The zero-order valence-electron chi connectivity index (χ0n) is 12.5. The van der Waals surface area contributed by atoms with E-state index in [0.717, 1.165) is 5.56 Å². The molecule has 0 radical (unpaired) electrons. The molecule has 0 fully saturated rings. The molecule has 0 spiro atoms. The van der Waals surface area contributed by atoms with Crippen LogP contribution in [0.1, 0.15) is 29.8 Å². The highest BCUT2D eigenvalue weighted by Gasteiger charge is 2.06. The predicted molar refractivity (Wildman–Crippen MR) is 81.3 cm³/mol. The van der Waals surface area contributed by atoms with E-state index < -0.39 is 0 Å². The van der Waals surface area contributed by atoms with Crippen LogP contribution in [-0.2, 0) is 4.79 Å². The van der Waals surface area contributed by atoms with Crippen molar-refractivity contribution in [2.24, 2.45) is 5.92 Å². The van der Waals surface area contributed by atoms with Crippen molar-refractivity contribution in [3.8, 4) is 0 Å². The van der Waals surface area contributed by atoms with Gasteiger partial charge in [0.05, 0.1) is 0 Å². The summed E-state index contributed by atoms with van der Waals surface area (Å²) in [5, 5.41) is 2.81. The van der Waals surface area contributed by atoms with Crippen LogP contribution >= 0.6 is 0 Å². The van der Waals surface area contributed by atoms with Gasteiger partial charge in [-0.05, 0) is 29.7 Å². The molecule has 1 aromatic rings. The Hall–Kier alpha value is -2.10. The van der Waals surface area contributed by atoms with E-state index in [4.69, 9.17) is 0 Å². The van der Waals surface area contributed by atoms with E-state index in [2.05, 4.69) is 5.32 Å². The maximum atomic E-state index is 11.7. The first-order valence-electron chi connectivity index (χ1n) is 6.67. The lowest BCUT2D eigenvalue weighted by molar-refractivity contribution is -0.116. The number of carbonyl (C=O) groups excluding carboxylic acids is 2. The molecule has 0 heterocycles. The fourth-order valence-electron chi connectivity index (χ4n) is 1.53. The minimum absolute atomic E-state index is 0.0322. The highest BCUT2D eigenvalue weighted by Crippen LogP contribution is 2.07. The fourth-order valence-corrected chi connectivity index (χ4v) is 1.53. The molecule has 0 aliphatic heterocycles. The van der Waals surface area contributed by atoms with Gasteiger partial charge < -0.3 is 10.2 Å². The fraction of sp³-hybridized carbons (Fsp3) is 0.375. The number of carbonyl (C=O) groups is 2. The van der Waals surface area contributed by atoms with Gasteiger partial charge in [-0.2, -0.15) is 0 Å². The molecule has 4 nitrogen and oxygen atoms in total. The second-order valence-electron chi connectivity index (χ2n) is 5.29. The minimum atomic E-state index is -0.104. The first-order chi connectivity index (χ1) is 9.40. The van der Waals surface area contributed by atoms with Crippen LogP contribution in [0.15, 0.2) is 30.3 Å². The highest BCUT2D eigenvalue weighted by molar-refractivity contribution is 5.94. The van der Waals surface area contributed by atoms with Gasteiger partial charge in [-0.15, -0.1) is 0 Å². The van der Waals surface area contributed by atoms with Crippen molar-refractivity contribution in [2.45, 2.75) is 13.8 Å². The van der Waals surface area contributed by atoms with Crippen LogP contribution < -0.4 is 5.32 Å². The topological polar surface area (TPSA) is 49.4 Å². The molecule has 1 aromatic carbocycles. The summed E-state index contributed by atoms with van der Waals surface area (Å²) in [6.45, 7) is 4.76. The van der Waals surface area contributed by atoms with Crippen LogP contribution in [-0.4, -0.2) is 37.4 Å². The lowest BCUT2D eigenvalue weighted by Gasteiger charge is -2.09. The molecule has 0 unspecified atom stereocenters. The molecule has 0 atom stereocenters. The molecule has 2 amide bonds. The Kier molecular flexibility index (Phi) is 5.97. The summed E-state index contributed by atoms with van der Waals surface area (Å²) in [5.41, 5.74) is 1.52. The quantitative estimate of drug-likeness (QED) is 0.837. The summed E-state index contributed by atoms with van der Waals surface area (Å²) >= 11 is 0. The summed E-state index contributed by atoms with van der Waals surface area (Å²) in [7, 11) is 3.43. The van der Waals surface area contributed by atoms with Gasteiger partial charge in [0.15, 0.2) is 0 Å². The van der Waals surface area contributed by atoms with E-state index in [9.17, 15) is 9.59 Å². The molecule has 108 valence electrons. The zero-order chi connectivity index (χ0) is 15.1. The third-order valence-electron chi connectivity index (χ3n) is 2.68. The van der Waals surface area contributed by atoms with E-state index in [-0.39, 0.29) is 11.8 Å². The van der Waals surface area contributed by atoms with Crippen LogP contribution in [0.4, 0.5) is 0 Å². The smallest absolute Gasteiger partial charge is 0.253 e. The number of nitrogens with zero attached hydrogens (tertiary/aromatic N) is 1. The molecular weight excluding hydrogens is 252 g/mol. The van der Waals surface area contributed by atoms with E-state index in [1.807, 2.05) is 26.0 Å². The number of benzene rings is 1. The third kappa shape index (κ3) is 5.26. The van der Waals surface area contributed by atoms with Crippen LogP contribution in [0.5, 0.6) is 0 Å². The van der Waals surface area contributed by atoms with Crippen molar-refractivity contribution < 1.29 is 9.59 Å². The summed E-state index contributed by atoms with van der Waals surface area (Å²) in [4.78, 5) is 24.8. The summed E-state index contributed by atoms with van der Waals surface area (Å²) < 4.78 is 0. The van der Waals surface area contributed by atoms with Crippen molar-refractivity contribution in [2.75, 3.05) is 20.6 Å². The average Bonchev–Trinajstić information content (AvgIpc) is 2.42. The zero-order valence-corrected chi connectivity index (χ0v) is 12.5. The largest absolute Gasteiger partial charge is 0.352 e. The Morgan fingerprint density at radius 1 is 1.20 bits per heavy atom. The Balaban J connectivity index is 2.61. The minimum Gasteiger partial charge on any atom is -0.352 e. The van der Waals surface area contributed by atoms with Crippen LogP contribution in [0.3, 0.4) is 0 Å². The Bertz CT molecular complexity index is 488. The second kappa shape index (κ2) is 7.48. The number of hydrogen-bond donors (Lipinski definition) is 1. The Labute approximate surface area is 120 Å². The first-order valence-corrected chi connectivity index (χ1v) is 6.67. The molecule has 1 N–H and O–H groups in total. The van der Waals surface area contributed by atoms with Crippen LogP contribution in [0.25, 0.3) is 6.08 Å². The third-order valence-corrected chi connectivity index (χ3v) is 2.68. The van der Waals surface area contributed by atoms with Crippen molar-refractivity contribution >= 4 is 17.9 Å². The maximum absolute atomic E-state index is 11.7. The number of amides is 2. The molecule has 0 aliphatic carbocycles. The van der Waals surface area contributed by atoms with E-state index in [1.165, 1.54) is 11.0 Å². The second-order valence-corrected chi connectivity index (χ2v) is 5.29. The van der Waals surface area contributed by atoms with Gasteiger partial charge in [-0.25, -0.2) is 0 Å². The summed E-state index contributed by atoms with van der Waals surface area (Å²) in [6, 6.07) is 7.16. The monoisotopic (exact) mass is 274 g/mol. The molecule has 0 aliphatic rings. The highest BCUT2D eigenvalue weighted by atomic mass is 16.2. The first kappa shape index (κ1) is 16.0. The van der Waals surface area contributed by atoms with Crippen molar-refractivity contribution in [3.05, 3.63) is 41.5 Å². The summed E-state index contributed by atoms with van der Waals surface area (Å²) in [5.74, 6) is 0.297.